The summed E-state index contributed by atoms with van der Waals surface area (Å²) in [5, 5.41) is 0. The van der Waals surface area contributed by atoms with Crippen LogP contribution in [0, 0.1) is 0 Å². The molecule has 0 radical (unpaired) electrons. The molecule has 0 N–H and O–H groups in total. The fourth-order valence-electron chi connectivity index (χ4n) is 1.27. The van der Waals surface area contributed by atoms with E-state index in [1.54, 1.807) is 6.92 Å². The molecule has 0 saturated carbocycles. The second kappa shape index (κ2) is 8.39. The van der Waals surface area contributed by atoms with Gasteiger partial charge in [0.05, 0.1) is 6.61 Å². The third kappa shape index (κ3) is 5.95. The molecule has 0 spiro atoms. The Balaban J connectivity index is 4.26. The highest BCUT2D eigenvalue weighted by molar-refractivity contribution is 6.17. The van der Waals surface area contributed by atoms with Gasteiger partial charge in [-0.1, -0.05) is 0 Å². The van der Waals surface area contributed by atoms with Gasteiger partial charge in [-0.15, -0.1) is 11.6 Å². The van der Waals surface area contributed by atoms with E-state index in [1.807, 2.05) is 13.8 Å². The van der Waals surface area contributed by atoms with Crippen molar-refractivity contribution in [1.29, 1.82) is 0 Å². The first kappa shape index (κ1) is 15.2. The van der Waals surface area contributed by atoms with Gasteiger partial charge >= 0.3 is 5.97 Å². The summed E-state index contributed by atoms with van der Waals surface area (Å²) < 4.78 is 4.82. The molecule has 4 nitrogen and oxygen atoms in total. The van der Waals surface area contributed by atoms with E-state index < -0.39 is 0 Å². The van der Waals surface area contributed by atoms with Crippen molar-refractivity contribution >= 4 is 23.5 Å². The topological polar surface area (TPSA) is 46.6 Å². The van der Waals surface area contributed by atoms with Gasteiger partial charge in [0.2, 0.25) is 5.91 Å². The summed E-state index contributed by atoms with van der Waals surface area (Å²) in [5.41, 5.74) is 0. The Morgan fingerprint density at radius 3 is 2.44 bits per heavy atom. The van der Waals surface area contributed by atoms with Crippen LogP contribution in [0.5, 0.6) is 0 Å². The largest absolute Gasteiger partial charge is 0.465 e. The molecule has 16 heavy (non-hydrogen) atoms. The molecule has 5 heteroatoms. The van der Waals surface area contributed by atoms with E-state index in [0.29, 0.717) is 25.3 Å². The predicted octanol–water partition coefficient (Wildman–Crippen LogP) is 1.81. The molecule has 0 aliphatic heterocycles. The van der Waals surface area contributed by atoms with Gasteiger partial charge in [-0.2, -0.15) is 0 Å². The molecule has 1 amide bonds. The van der Waals surface area contributed by atoms with E-state index in [0.717, 1.165) is 0 Å². The van der Waals surface area contributed by atoms with Gasteiger partial charge < -0.3 is 9.64 Å². The Hall–Kier alpha value is -0.770. The lowest BCUT2D eigenvalue weighted by molar-refractivity contribution is -0.150. The molecule has 0 bridgehead atoms. The number of nitrogens with zero attached hydrogens (tertiary/aromatic N) is 1. The summed E-state index contributed by atoms with van der Waals surface area (Å²) in [6, 6.07) is -0.00719. The number of ether oxygens (including phenoxy) is 1. The normalized spacial score (nSPS) is 10.3. The van der Waals surface area contributed by atoms with E-state index in [2.05, 4.69) is 0 Å². The fraction of sp³-hybridized carbons (Fsp3) is 0.818. The molecule has 0 aromatic carbocycles. The quantitative estimate of drug-likeness (QED) is 0.511. The first-order valence-electron chi connectivity index (χ1n) is 5.54. The molecule has 0 saturated heterocycles. The SMILES string of the molecule is CCOC(=O)CN(C(=O)CCCCl)C(C)C. The Kier molecular flexibility index (Phi) is 7.99. The number of halogens is 1. The lowest BCUT2D eigenvalue weighted by atomic mass is 10.2. The number of esters is 1. The van der Waals surface area contributed by atoms with Gasteiger partial charge in [-0.3, -0.25) is 9.59 Å². The molecule has 0 aliphatic rings. The van der Waals surface area contributed by atoms with E-state index in [-0.39, 0.29) is 24.5 Å². The van der Waals surface area contributed by atoms with Crippen LogP contribution in [0.15, 0.2) is 0 Å². The fourth-order valence-corrected chi connectivity index (χ4v) is 1.40. The zero-order valence-electron chi connectivity index (χ0n) is 10.2. The molecular weight excluding hydrogens is 230 g/mol. The summed E-state index contributed by atoms with van der Waals surface area (Å²) >= 11 is 5.52. The van der Waals surface area contributed by atoms with E-state index in [1.165, 1.54) is 4.90 Å². The lowest BCUT2D eigenvalue weighted by Gasteiger charge is -2.25. The Labute approximate surface area is 102 Å². The minimum atomic E-state index is -0.365. The monoisotopic (exact) mass is 249 g/mol. The zero-order chi connectivity index (χ0) is 12.6. The average molecular weight is 250 g/mol. The highest BCUT2D eigenvalue weighted by Crippen LogP contribution is 2.05. The maximum atomic E-state index is 11.7. The summed E-state index contributed by atoms with van der Waals surface area (Å²) in [6.45, 7) is 5.84. The summed E-state index contributed by atoms with van der Waals surface area (Å²) in [7, 11) is 0. The third-order valence-corrected chi connectivity index (χ3v) is 2.34. The molecule has 0 fully saturated rings. The highest BCUT2D eigenvalue weighted by Gasteiger charge is 2.19. The molecule has 0 rings (SSSR count). The molecule has 0 heterocycles. The summed E-state index contributed by atoms with van der Waals surface area (Å²) in [4.78, 5) is 24.6. The maximum Gasteiger partial charge on any atom is 0.325 e. The van der Waals surface area contributed by atoms with Gasteiger partial charge in [0.1, 0.15) is 6.54 Å². The molecular formula is C11H20ClNO3. The Bertz CT molecular complexity index is 231. The molecule has 0 aromatic rings. The molecule has 0 aliphatic carbocycles. The summed E-state index contributed by atoms with van der Waals surface area (Å²) in [6.07, 6.45) is 1.01. The number of carbonyl (C=O) groups is 2. The third-order valence-electron chi connectivity index (χ3n) is 2.07. The van der Waals surface area contributed by atoms with E-state index in [9.17, 15) is 9.59 Å². The van der Waals surface area contributed by atoms with Crippen molar-refractivity contribution in [3.63, 3.8) is 0 Å². The minimum Gasteiger partial charge on any atom is -0.465 e. The van der Waals surface area contributed by atoms with Crippen molar-refractivity contribution in [3.05, 3.63) is 0 Å². The van der Waals surface area contributed by atoms with Crippen LogP contribution in [0.2, 0.25) is 0 Å². The van der Waals surface area contributed by atoms with Crippen LogP contribution in [-0.2, 0) is 14.3 Å². The van der Waals surface area contributed by atoms with Crippen LogP contribution in [0.3, 0.4) is 0 Å². The van der Waals surface area contributed by atoms with Crippen LogP contribution in [0.25, 0.3) is 0 Å². The minimum absolute atomic E-state index is 0.00719. The standard InChI is InChI=1S/C11H20ClNO3/c1-4-16-11(15)8-13(9(2)3)10(14)6-5-7-12/h9H,4-8H2,1-3H3. The van der Waals surface area contributed by atoms with Crippen molar-refractivity contribution in [2.45, 2.75) is 39.7 Å². The average Bonchev–Trinajstić information content (AvgIpc) is 2.22. The van der Waals surface area contributed by atoms with Crippen molar-refractivity contribution in [2.75, 3.05) is 19.0 Å². The van der Waals surface area contributed by atoms with E-state index >= 15 is 0 Å². The lowest BCUT2D eigenvalue weighted by Crippen LogP contribution is -2.41. The van der Waals surface area contributed by atoms with Crippen molar-refractivity contribution in [2.24, 2.45) is 0 Å². The predicted molar refractivity (Wildman–Crippen MR) is 63.4 cm³/mol. The van der Waals surface area contributed by atoms with Crippen LogP contribution in [-0.4, -0.2) is 41.8 Å². The Morgan fingerprint density at radius 2 is 2.00 bits per heavy atom. The first-order chi connectivity index (χ1) is 7.52. The van der Waals surface area contributed by atoms with Crippen LogP contribution < -0.4 is 0 Å². The second-order valence-electron chi connectivity index (χ2n) is 3.71. The smallest absolute Gasteiger partial charge is 0.325 e. The number of carbonyl (C=O) groups excluding carboxylic acids is 2. The van der Waals surface area contributed by atoms with Gasteiger partial charge in [-0.25, -0.2) is 0 Å². The van der Waals surface area contributed by atoms with Crippen molar-refractivity contribution < 1.29 is 14.3 Å². The number of hydrogen-bond acceptors (Lipinski definition) is 3. The maximum absolute atomic E-state index is 11.7. The van der Waals surface area contributed by atoms with Gasteiger partial charge in [-0.05, 0) is 27.2 Å². The van der Waals surface area contributed by atoms with Crippen LogP contribution in [0.4, 0.5) is 0 Å². The second-order valence-corrected chi connectivity index (χ2v) is 4.09. The van der Waals surface area contributed by atoms with Crippen LogP contribution in [0.1, 0.15) is 33.6 Å². The first-order valence-corrected chi connectivity index (χ1v) is 6.07. The number of hydrogen-bond donors (Lipinski definition) is 0. The molecule has 0 atom stereocenters. The van der Waals surface area contributed by atoms with E-state index in [4.69, 9.17) is 16.3 Å². The van der Waals surface area contributed by atoms with Gasteiger partial charge in [0.25, 0.3) is 0 Å². The highest BCUT2D eigenvalue weighted by atomic mass is 35.5. The number of amides is 1. The van der Waals surface area contributed by atoms with Gasteiger partial charge in [0.15, 0.2) is 0 Å². The van der Waals surface area contributed by atoms with Gasteiger partial charge in [0, 0.05) is 18.3 Å². The van der Waals surface area contributed by atoms with Crippen molar-refractivity contribution in [1.82, 2.24) is 4.90 Å². The number of alkyl halides is 1. The van der Waals surface area contributed by atoms with Crippen molar-refractivity contribution in [3.8, 4) is 0 Å². The molecule has 0 unspecified atom stereocenters. The zero-order valence-corrected chi connectivity index (χ0v) is 10.9. The molecule has 94 valence electrons. The molecule has 0 aromatic heterocycles. The van der Waals surface area contributed by atoms with Crippen LogP contribution >= 0.6 is 11.6 Å². The Morgan fingerprint density at radius 1 is 1.38 bits per heavy atom. The summed E-state index contributed by atoms with van der Waals surface area (Å²) in [5.74, 6) is 0.0380. The number of rotatable bonds is 7.